The number of hydrogen-bond acceptors (Lipinski definition) is 4. The first-order valence-electron chi connectivity index (χ1n) is 12.4. The summed E-state index contributed by atoms with van der Waals surface area (Å²) < 4.78 is 27.1. The Hall–Kier alpha value is -2.65. The van der Waals surface area contributed by atoms with Gasteiger partial charge in [0.25, 0.3) is 0 Å². The van der Waals surface area contributed by atoms with E-state index in [1.165, 1.54) is 0 Å². The van der Waals surface area contributed by atoms with Crippen molar-refractivity contribution in [2.24, 2.45) is 11.8 Å². The largest absolute Gasteiger partial charge is 0.335 e. The minimum atomic E-state index is -3.60. The lowest BCUT2D eigenvalue weighted by Gasteiger charge is -2.38. The molecule has 0 spiro atoms. The molecule has 2 aliphatic rings. The van der Waals surface area contributed by atoms with Crippen molar-refractivity contribution >= 4 is 15.7 Å². The van der Waals surface area contributed by atoms with Gasteiger partial charge in [0, 0.05) is 18.5 Å². The van der Waals surface area contributed by atoms with Crippen LogP contribution in [-0.4, -0.2) is 30.5 Å². The third kappa shape index (κ3) is 5.20. The van der Waals surface area contributed by atoms with E-state index in [1.807, 2.05) is 55.1 Å². The first kappa shape index (κ1) is 24.5. The molecular formula is C28H34N2O3S. The van der Waals surface area contributed by atoms with Gasteiger partial charge in [-0.15, -0.1) is 0 Å². The fraction of sp³-hybridized carbons (Fsp3) is 0.500. The summed E-state index contributed by atoms with van der Waals surface area (Å²) in [5.41, 5.74) is 3.23. The van der Waals surface area contributed by atoms with Crippen molar-refractivity contribution in [1.82, 2.24) is 4.90 Å². The number of hydrogen-bond donors (Lipinski definition) is 0. The maximum absolute atomic E-state index is 14.0. The number of aryl methyl sites for hydroxylation is 2. The quantitative estimate of drug-likeness (QED) is 0.560. The molecule has 4 rings (SSSR count). The third-order valence-electron chi connectivity index (χ3n) is 7.59. The predicted octanol–water partition coefficient (Wildman–Crippen LogP) is 5.36. The number of sulfone groups is 1. The van der Waals surface area contributed by atoms with Crippen LogP contribution in [0.4, 0.5) is 0 Å². The van der Waals surface area contributed by atoms with Crippen LogP contribution in [0, 0.1) is 37.0 Å². The Bertz CT molecular complexity index is 1140. The highest BCUT2D eigenvalue weighted by molar-refractivity contribution is 7.92. The molecule has 2 atom stereocenters. The van der Waals surface area contributed by atoms with Crippen LogP contribution in [0.3, 0.4) is 0 Å². The van der Waals surface area contributed by atoms with E-state index in [0.717, 1.165) is 48.8 Å². The van der Waals surface area contributed by atoms with E-state index in [2.05, 4.69) is 6.07 Å². The lowest BCUT2D eigenvalue weighted by Crippen LogP contribution is -2.47. The molecule has 2 aromatic carbocycles. The monoisotopic (exact) mass is 478 g/mol. The van der Waals surface area contributed by atoms with Crippen molar-refractivity contribution in [1.29, 1.82) is 5.26 Å². The second kappa shape index (κ2) is 10.3. The Morgan fingerprint density at radius 1 is 0.912 bits per heavy atom. The van der Waals surface area contributed by atoms with Crippen molar-refractivity contribution in [3.05, 3.63) is 65.2 Å². The van der Waals surface area contributed by atoms with E-state index >= 15 is 0 Å². The van der Waals surface area contributed by atoms with Gasteiger partial charge in [0.15, 0.2) is 9.84 Å². The lowest BCUT2D eigenvalue weighted by molar-refractivity contribution is -0.139. The second-order valence-corrected chi connectivity index (χ2v) is 12.2. The van der Waals surface area contributed by atoms with E-state index in [1.54, 1.807) is 12.1 Å². The average Bonchev–Trinajstić information content (AvgIpc) is 3.35. The normalized spacial score (nSPS) is 25.0. The van der Waals surface area contributed by atoms with Gasteiger partial charge in [-0.2, -0.15) is 5.26 Å². The van der Waals surface area contributed by atoms with Crippen LogP contribution in [0.2, 0.25) is 0 Å². The highest BCUT2D eigenvalue weighted by Gasteiger charge is 2.45. The highest BCUT2D eigenvalue weighted by atomic mass is 32.2. The number of benzene rings is 2. The molecule has 0 unspecified atom stereocenters. The van der Waals surface area contributed by atoms with Crippen LogP contribution in [0.1, 0.15) is 61.6 Å². The van der Waals surface area contributed by atoms with Gasteiger partial charge in [0.2, 0.25) is 5.91 Å². The molecule has 2 fully saturated rings. The molecule has 2 aliphatic carbocycles. The van der Waals surface area contributed by atoms with Gasteiger partial charge < -0.3 is 4.90 Å². The average molecular weight is 479 g/mol. The number of rotatable bonds is 6. The van der Waals surface area contributed by atoms with Gasteiger partial charge in [-0.05, 0) is 70.1 Å². The van der Waals surface area contributed by atoms with Gasteiger partial charge in [-0.3, -0.25) is 4.79 Å². The fourth-order valence-corrected chi connectivity index (χ4v) is 7.52. The standard InChI is InChI=1S/C28H34N2O3S/c1-20-6-10-23(11-7-20)19-30(24-14-12-22(18-29)13-15-24)28(31)26-4-3-5-27(26)34(32,33)25-16-8-21(2)9-17-25/h6-11,16-17,22,24,26-27H,3-5,12-15,19H2,1-2H3/t22?,24?,26-,27-/m1/s1. The number of nitriles is 1. The van der Waals surface area contributed by atoms with Crippen molar-refractivity contribution in [2.45, 2.75) is 81.5 Å². The Kier molecular flexibility index (Phi) is 7.42. The molecule has 1 amide bonds. The van der Waals surface area contributed by atoms with Crippen molar-refractivity contribution in [3.8, 4) is 6.07 Å². The zero-order chi connectivity index (χ0) is 24.3. The minimum absolute atomic E-state index is 0.0424. The smallest absolute Gasteiger partial charge is 0.227 e. The SMILES string of the molecule is Cc1ccc(CN(C(=O)[C@@H]2CCC[C@H]2S(=O)(=O)c2ccc(C)cc2)C2CCC(C#N)CC2)cc1. The summed E-state index contributed by atoms with van der Waals surface area (Å²) >= 11 is 0. The first-order valence-corrected chi connectivity index (χ1v) is 13.9. The van der Waals surface area contributed by atoms with Crippen LogP contribution < -0.4 is 0 Å². The van der Waals surface area contributed by atoms with Crippen LogP contribution >= 0.6 is 0 Å². The zero-order valence-corrected chi connectivity index (χ0v) is 20.9. The molecule has 0 radical (unpaired) electrons. The molecule has 180 valence electrons. The zero-order valence-electron chi connectivity index (χ0n) is 20.1. The molecule has 6 heteroatoms. The molecule has 2 aromatic rings. The van der Waals surface area contributed by atoms with Crippen LogP contribution in [0.5, 0.6) is 0 Å². The molecule has 0 bridgehead atoms. The summed E-state index contributed by atoms with van der Waals surface area (Å²) in [7, 11) is -3.60. The van der Waals surface area contributed by atoms with Crippen molar-refractivity contribution in [2.75, 3.05) is 0 Å². The molecule has 5 nitrogen and oxygen atoms in total. The molecule has 0 saturated heterocycles. The summed E-state index contributed by atoms with van der Waals surface area (Å²) in [6.07, 6.45) is 5.02. The molecule has 34 heavy (non-hydrogen) atoms. The van der Waals surface area contributed by atoms with Gasteiger partial charge in [-0.1, -0.05) is 53.9 Å². The molecule has 0 N–H and O–H groups in total. The van der Waals surface area contributed by atoms with Gasteiger partial charge in [0.05, 0.1) is 22.1 Å². The van der Waals surface area contributed by atoms with E-state index < -0.39 is 21.0 Å². The molecule has 2 saturated carbocycles. The summed E-state index contributed by atoms with van der Waals surface area (Å²) in [4.78, 5) is 16.3. The van der Waals surface area contributed by atoms with Crippen LogP contribution in [0.25, 0.3) is 0 Å². The molecule has 0 heterocycles. The van der Waals surface area contributed by atoms with Crippen molar-refractivity contribution in [3.63, 3.8) is 0 Å². The van der Waals surface area contributed by atoms with Gasteiger partial charge in [0.1, 0.15) is 0 Å². The number of carbonyl (C=O) groups is 1. The molecule has 0 aliphatic heterocycles. The second-order valence-electron chi connectivity index (χ2n) is 10.0. The topological polar surface area (TPSA) is 78.2 Å². The van der Waals surface area contributed by atoms with E-state index in [0.29, 0.717) is 24.3 Å². The van der Waals surface area contributed by atoms with Crippen LogP contribution in [-0.2, 0) is 21.2 Å². The Morgan fingerprint density at radius 2 is 1.50 bits per heavy atom. The van der Waals surface area contributed by atoms with Gasteiger partial charge in [-0.25, -0.2) is 8.42 Å². The summed E-state index contributed by atoms with van der Waals surface area (Å²) in [6.45, 7) is 4.45. The number of amides is 1. The minimum Gasteiger partial charge on any atom is -0.335 e. The number of carbonyl (C=O) groups excluding carboxylic acids is 1. The van der Waals surface area contributed by atoms with E-state index in [-0.39, 0.29) is 17.9 Å². The third-order valence-corrected chi connectivity index (χ3v) is 9.89. The van der Waals surface area contributed by atoms with Gasteiger partial charge >= 0.3 is 0 Å². The van der Waals surface area contributed by atoms with E-state index in [4.69, 9.17) is 0 Å². The summed E-state index contributed by atoms with van der Waals surface area (Å²) in [6, 6.07) is 17.6. The maximum Gasteiger partial charge on any atom is 0.227 e. The Balaban J connectivity index is 1.61. The van der Waals surface area contributed by atoms with Crippen molar-refractivity contribution < 1.29 is 13.2 Å². The lowest BCUT2D eigenvalue weighted by atomic mass is 9.85. The summed E-state index contributed by atoms with van der Waals surface area (Å²) in [5.74, 6) is -0.515. The fourth-order valence-electron chi connectivity index (χ4n) is 5.49. The Morgan fingerprint density at radius 3 is 2.09 bits per heavy atom. The predicted molar refractivity (Wildman–Crippen MR) is 133 cm³/mol. The highest BCUT2D eigenvalue weighted by Crippen LogP contribution is 2.38. The molecular weight excluding hydrogens is 444 g/mol. The number of nitrogens with zero attached hydrogens (tertiary/aromatic N) is 2. The van der Waals surface area contributed by atoms with E-state index in [9.17, 15) is 18.5 Å². The molecule has 0 aromatic heterocycles. The first-order chi connectivity index (χ1) is 16.3. The maximum atomic E-state index is 14.0. The van der Waals surface area contributed by atoms with Crippen LogP contribution in [0.15, 0.2) is 53.4 Å². The summed E-state index contributed by atoms with van der Waals surface area (Å²) in [5, 5.41) is 8.63. The Labute approximate surface area is 203 Å².